The molecule has 102 valence electrons. The summed E-state index contributed by atoms with van der Waals surface area (Å²) >= 11 is 0. The first-order valence-corrected chi connectivity index (χ1v) is 7.30. The number of rotatable bonds is 6. The predicted octanol–water partition coefficient (Wildman–Crippen LogP) is 4.44. The molecule has 0 unspecified atom stereocenters. The lowest BCUT2D eigenvalue weighted by atomic mass is 10.00. The van der Waals surface area contributed by atoms with Gasteiger partial charge < -0.3 is 4.74 Å². The molecule has 1 aliphatic heterocycles. The van der Waals surface area contributed by atoms with Crippen LogP contribution in [0, 0.1) is 0 Å². The number of ether oxygens (including phenoxy) is 1. The van der Waals surface area contributed by atoms with E-state index in [9.17, 15) is 4.79 Å². The minimum Gasteiger partial charge on any atom is -0.423 e. The minimum absolute atomic E-state index is 0.174. The molecule has 0 radical (unpaired) electrons. The number of allylic oxidation sites excluding steroid dienone is 1. The Morgan fingerprint density at radius 1 is 1.16 bits per heavy atom. The Labute approximate surface area is 115 Å². The summed E-state index contributed by atoms with van der Waals surface area (Å²) in [5, 5.41) is 0. The standard InChI is InChI=1S/C17H22O2/c1-2-3-4-5-6-7-11-15-13-14-10-8-9-12-16(14)19-17(15)18/h8-12H,2-7,13H2,1H3/b15-11+. The van der Waals surface area contributed by atoms with E-state index in [1.54, 1.807) is 0 Å². The van der Waals surface area contributed by atoms with Crippen molar-refractivity contribution >= 4 is 5.97 Å². The van der Waals surface area contributed by atoms with Gasteiger partial charge in [-0.05, 0) is 24.5 Å². The van der Waals surface area contributed by atoms with Gasteiger partial charge in [-0.2, -0.15) is 0 Å². The Balaban J connectivity index is 1.86. The van der Waals surface area contributed by atoms with Crippen molar-refractivity contribution in [1.82, 2.24) is 0 Å². The summed E-state index contributed by atoms with van der Waals surface area (Å²) in [5.41, 5.74) is 1.92. The van der Waals surface area contributed by atoms with Crippen LogP contribution in [0.5, 0.6) is 5.75 Å². The third-order valence-corrected chi connectivity index (χ3v) is 3.52. The Kier molecular flexibility index (Phi) is 5.20. The molecule has 1 aliphatic rings. The maximum atomic E-state index is 11.8. The highest BCUT2D eigenvalue weighted by Gasteiger charge is 2.21. The first kappa shape index (κ1) is 13.9. The molecule has 0 fully saturated rings. The number of carbonyl (C=O) groups is 1. The zero-order chi connectivity index (χ0) is 13.5. The molecule has 0 saturated carbocycles. The van der Waals surface area contributed by atoms with Gasteiger partial charge in [-0.25, -0.2) is 4.79 Å². The monoisotopic (exact) mass is 258 g/mol. The third-order valence-electron chi connectivity index (χ3n) is 3.52. The molecule has 0 spiro atoms. The summed E-state index contributed by atoms with van der Waals surface area (Å²) in [7, 11) is 0. The van der Waals surface area contributed by atoms with Crippen LogP contribution in [0.15, 0.2) is 35.9 Å². The lowest BCUT2D eigenvalue weighted by Crippen LogP contribution is -2.19. The van der Waals surface area contributed by atoms with E-state index in [0.717, 1.165) is 17.6 Å². The predicted molar refractivity (Wildman–Crippen MR) is 77.2 cm³/mol. The average Bonchev–Trinajstić information content (AvgIpc) is 2.43. The lowest BCUT2D eigenvalue weighted by molar-refractivity contribution is -0.130. The zero-order valence-corrected chi connectivity index (χ0v) is 11.7. The summed E-state index contributed by atoms with van der Waals surface area (Å²) in [6.45, 7) is 2.22. The molecular formula is C17H22O2. The van der Waals surface area contributed by atoms with E-state index in [1.807, 2.05) is 24.3 Å². The molecule has 2 heteroatoms. The topological polar surface area (TPSA) is 26.3 Å². The second kappa shape index (κ2) is 7.13. The molecule has 0 amide bonds. The van der Waals surface area contributed by atoms with Crippen LogP contribution in [-0.4, -0.2) is 5.97 Å². The molecule has 0 aromatic heterocycles. The molecule has 2 rings (SSSR count). The largest absolute Gasteiger partial charge is 0.423 e. The molecule has 1 aromatic carbocycles. The van der Waals surface area contributed by atoms with Gasteiger partial charge in [0.05, 0.1) is 0 Å². The van der Waals surface area contributed by atoms with E-state index in [1.165, 1.54) is 32.1 Å². The average molecular weight is 258 g/mol. The van der Waals surface area contributed by atoms with Gasteiger partial charge in [-0.3, -0.25) is 0 Å². The summed E-state index contributed by atoms with van der Waals surface area (Å²) in [5.74, 6) is 0.542. The van der Waals surface area contributed by atoms with Crippen LogP contribution in [0.3, 0.4) is 0 Å². The van der Waals surface area contributed by atoms with E-state index in [2.05, 4.69) is 13.0 Å². The van der Waals surface area contributed by atoms with Gasteiger partial charge in [0.2, 0.25) is 0 Å². The highest BCUT2D eigenvalue weighted by Crippen LogP contribution is 2.27. The van der Waals surface area contributed by atoms with Crippen molar-refractivity contribution < 1.29 is 9.53 Å². The van der Waals surface area contributed by atoms with Gasteiger partial charge in [0.15, 0.2) is 0 Å². The number of hydrogen-bond donors (Lipinski definition) is 0. The Morgan fingerprint density at radius 2 is 1.95 bits per heavy atom. The normalized spacial score (nSPS) is 16.3. The maximum Gasteiger partial charge on any atom is 0.339 e. The van der Waals surface area contributed by atoms with Crippen LogP contribution in [0.4, 0.5) is 0 Å². The molecule has 19 heavy (non-hydrogen) atoms. The van der Waals surface area contributed by atoms with Gasteiger partial charge >= 0.3 is 5.97 Å². The highest BCUT2D eigenvalue weighted by atomic mass is 16.5. The van der Waals surface area contributed by atoms with E-state index in [-0.39, 0.29) is 5.97 Å². The van der Waals surface area contributed by atoms with Crippen LogP contribution >= 0.6 is 0 Å². The molecule has 0 saturated heterocycles. The summed E-state index contributed by atoms with van der Waals surface area (Å²) in [4.78, 5) is 11.8. The Hall–Kier alpha value is -1.57. The molecule has 1 heterocycles. The molecule has 0 bridgehead atoms. The van der Waals surface area contributed by atoms with Crippen LogP contribution in [0.25, 0.3) is 0 Å². The Bertz CT molecular complexity index is 460. The summed E-state index contributed by atoms with van der Waals surface area (Å²) in [6.07, 6.45) is 10.1. The van der Waals surface area contributed by atoms with Crippen LogP contribution < -0.4 is 4.74 Å². The molecule has 0 N–H and O–H groups in total. The minimum atomic E-state index is -0.174. The van der Waals surface area contributed by atoms with Crippen molar-refractivity contribution in [3.63, 3.8) is 0 Å². The quantitative estimate of drug-likeness (QED) is 0.326. The van der Waals surface area contributed by atoms with Gasteiger partial charge in [0.25, 0.3) is 0 Å². The van der Waals surface area contributed by atoms with Crippen molar-refractivity contribution in [3.8, 4) is 5.75 Å². The van der Waals surface area contributed by atoms with Gasteiger partial charge in [-0.15, -0.1) is 0 Å². The summed E-state index contributed by atoms with van der Waals surface area (Å²) in [6, 6.07) is 7.76. The van der Waals surface area contributed by atoms with E-state index in [4.69, 9.17) is 4.74 Å². The highest BCUT2D eigenvalue weighted by molar-refractivity contribution is 5.92. The number of para-hydroxylation sites is 1. The van der Waals surface area contributed by atoms with E-state index < -0.39 is 0 Å². The van der Waals surface area contributed by atoms with Gasteiger partial charge in [-0.1, -0.05) is 56.9 Å². The van der Waals surface area contributed by atoms with Crippen molar-refractivity contribution in [1.29, 1.82) is 0 Å². The zero-order valence-electron chi connectivity index (χ0n) is 11.7. The van der Waals surface area contributed by atoms with Crippen LogP contribution in [0.1, 0.15) is 51.0 Å². The second-order valence-electron chi connectivity index (χ2n) is 5.11. The third kappa shape index (κ3) is 3.95. The molecule has 1 aromatic rings. The molecule has 0 aliphatic carbocycles. The first-order valence-electron chi connectivity index (χ1n) is 7.30. The number of unbranched alkanes of at least 4 members (excludes halogenated alkanes) is 5. The number of esters is 1. The van der Waals surface area contributed by atoms with Crippen molar-refractivity contribution in [2.24, 2.45) is 0 Å². The molecule has 2 nitrogen and oxygen atoms in total. The summed E-state index contributed by atoms with van der Waals surface area (Å²) < 4.78 is 5.33. The van der Waals surface area contributed by atoms with Gasteiger partial charge in [0, 0.05) is 12.0 Å². The SMILES string of the molecule is CCCCCCC/C=C1\Cc2ccccc2OC1=O. The number of hydrogen-bond acceptors (Lipinski definition) is 2. The van der Waals surface area contributed by atoms with Crippen molar-refractivity contribution in [2.45, 2.75) is 51.9 Å². The Morgan fingerprint density at radius 3 is 2.79 bits per heavy atom. The number of benzene rings is 1. The molecule has 0 atom stereocenters. The first-order chi connectivity index (χ1) is 9.31. The molecular weight excluding hydrogens is 236 g/mol. The number of carbonyl (C=O) groups excluding carboxylic acids is 1. The number of fused-ring (bicyclic) bond motifs is 1. The maximum absolute atomic E-state index is 11.8. The smallest absolute Gasteiger partial charge is 0.339 e. The van der Waals surface area contributed by atoms with E-state index in [0.29, 0.717) is 12.2 Å². The van der Waals surface area contributed by atoms with Crippen molar-refractivity contribution in [2.75, 3.05) is 0 Å². The van der Waals surface area contributed by atoms with Crippen LogP contribution in [0.2, 0.25) is 0 Å². The van der Waals surface area contributed by atoms with E-state index >= 15 is 0 Å². The fourth-order valence-electron chi connectivity index (χ4n) is 2.37. The van der Waals surface area contributed by atoms with Crippen molar-refractivity contribution in [3.05, 3.63) is 41.5 Å². The lowest BCUT2D eigenvalue weighted by Gasteiger charge is -2.17. The fraction of sp³-hybridized carbons (Fsp3) is 0.471. The second-order valence-corrected chi connectivity index (χ2v) is 5.11. The van der Waals surface area contributed by atoms with Crippen LogP contribution in [-0.2, 0) is 11.2 Å². The fourth-order valence-corrected chi connectivity index (χ4v) is 2.37. The van der Waals surface area contributed by atoms with Gasteiger partial charge in [0.1, 0.15) is 5.75 Å².